The minimum absolute atomic E-state index is 0.188. The van der Waals surface area contributed by atoms with Gasteiger partial charge in [-0.3, -0.25) is 4.79 Å². The normalized spacial score (nSPS) is 11.8. The van der Waals surface area contributed by atoms with Gasteiger partial charge in [-0.05, 0) is 31.4 Å². The predicted octanol–water partition coefficient (Wildman–Crippen LogP) is 2.04. The lowest BCUT2D eigenvalue weighted by Gasteiger charge is -2.21. The number of nitrogens with one attached hydrogen (secondary N) is 2. The molecule has 0 aromatic carbocycles. The molecule has 2 amide bonds. The van der Waals surface area contributed by atoms with Crippen LogP contribution in [-0.4, -0.2) is 50.3 Å². The number of anilines is 1. The molecule has 1 rings (SSSR count). The molecule has 24 heavy (non-hydrogen) atoms. The largest absolute Gasteiger partial charge is 0.450 e. The van der Waals surface area contributed by atoms with E-state index in [1.807, 2.05) is 14.1 Å². The van der Waals surface area contributed by atoms with E-state index in [1.54, 1.807) is 30.2 Å². The molecule has 0 spiro atoms. The molecule has 7 nitrogen and oxygen atoms in total. The van der Waals surface area contributed by atoms with Gasteiger partial charge in [0.15, 0.2) is 0 Å². The molecule has 0 radical (unpaired) electrons. The highest BCUT2D eigenvalue weighted by Crippen LogP contribution is 2.14. The highest BCUT2D eigenvalue weighted by molar-refractivity contribution is 5.98. The van der Waals surface area contributed by atoms with Crippen molar-refractivity contribution >= 4 is 17.8 Å². The van der Waals surface area contributed by atoms with Crippen molar-refractivity contribution in [1.29, 1.82) is 0 Å². The molecule has 1 aromatic rings. The average molecular weight is 336 g/mol. The zero-order chi connectivity index (χ0) is 18.1. The summed E-state index contributed by atoms with van der Waals surface area (Å²) in [5.41, 5.74) is 0.502. The fourth-order valence-electron chi connectivity index (χ4n) is 2.34. The molecular formula is C17H28N4O3. The second-order valence-corrected chi connectivity index (χ2v) is 6.17. The Morgan fingerprint density at radius 3 is 2.62 bits per heavy atom. The first-order valence-electron chi connectivity index (χ1n) is 8.19. The lowest BCUT2D eigenvalue weighted by atomic mass is 10.0. The number of aromatic nitrogens is 1. The SMILES string of the molecule is CCOC(=O)NC(CNC(=O)c1cccnc1N(C)C)CC(C)C. The van der Waals surface area contributed by atoms with Crippen molar-refractivity contribution in [3.8, 4) is 0 Å². The van der Waals surface area contributed by atoms with Gasteiger partial charge < -0.3 is 20.3 Å². The van der Waals surface area contributed by atoms with E-state index in [9.17, 15) is 9.59 Å². The average Bonchev–Trinajstić information content (AvgIpc) is 2.52. The maximum absolute atomic E-state index is 12.4. The Hall–Kier alpha value is -2.31. The molecule has 0 aliphatic carbocycles. The van der Waals surface area contributed by atoms with Crippen LogP contribution in [0.1, 0.15) is 37.6 Å². The summed E-state index contributed by atoms with van der Waals surface area (Å²) < 4.78 is 4.92. The van der Waals surface area contributed by atoms with Crippen molar-refractivity contribution in [2.75, 3.05) is 32.1 Å². The molecule has 0 saturated heterocycles. The molecule has 0 aliphatic rings. The zero-order valence-electron chi connectivity index (χ0n) is 15.1. The summed E-state index contributed by atoms with van der Waals surface area (Å²) in [5.74, 6) is 0.768. The summed E-state index contributed by atoms with van der Waals surface area (Å²) in [6.07, 6.45) is 1.93. The first-order valence-corrected chi connectivity index (χ1v) is 8.19. The number of ether oxygens (including phenoxy) is 1. The third-order valence-corrected chi connectivity index (χ3v) is 3.32. The third kappa shape index (κ3) is 6.44. The van der Waals surface area contributed by atoms with Gasteiger partial charge in [0.1, 0.15) is 5.82 Å². The number of carbonyl (C=O) groups is 2. The Balaban J connectivity index is 2.72. The predicted molar refractivity (Wildman–Crippen MR) is 94.3 cm³/mol. The number of carbonyl (C=O) groups excluding carboxylic acids is 2. The van der Waals surface area contributed by atoms with Gasteiger partial charge in [-0.2, -0.15) is 0 Å². The van der Waals surface area contributed by atoms with Gasteiger partial charge >= 0.3 is 6.09 Å². The van der Waals surface area contributed by atoms with Crippen molar-refractivity contribution in [2.45, 2.75) is 33.2 Å². The van der Waals surface area contributed by atoms with Crippen molar-refractivity contribution < 1.29 is 14.3 Å². The van der Waals surface area contributed by atoms with Crippen LogP contribution in [-0.2, 0) is 4.74 Å². The Labute approximate surface area is 143 Å². The van der Waals surface area contributed by atoms with Gasteiger partial charge in [0, 0.05) is 32.9 Å². The van der Waals surface area contributed by atoms with Gasteiger partial charge in [-0.25, -0.2) is 9.78 Å². The van der Waals surface area contributed by atoms with E-state index in [2.05, 4.69) is 29.5 Å². The molecule has 7 heteroatoms. The fraction of sp³-hybridized carbons (Fsp3) is 0.588. The van der Waals surface area contributed by atoms with Gasteiger partial charge in [0.25, 0.3) is 5.91 Å². The van der Waals surface area contributed by atoms with Crippen LogP contribution in [0.2, 0.25) is 0 Å². The van der Waals surface area contributed by atoms with Crippen LogP contribution < -0.4 is 15.5 Å². The Morgan fingerprint density at radius 1 is 1.33 bits per heavy atom. The second-order valence-electron chi connectivity index (χ2n) is 6.17. The van der Waals surface area contributed by atoms with Crippen molar-refractivity contribution in [1.82, 2.24) is 15.6 Å². The molecular weight excluding hydrogens is 308 g/mol. The van der Waals surface area contributed by atoms with E-state index in [-0.39, 0.29) is 11.9 Å². The first kappa shape index (κ1) is 19.7. The third-order valence-electron chi connectivity index (χ3n) is 3.32. The minimum atomic E-state index is -0.465. The maximum Gasteiger partial charge on any atom is 0.407 e. The van der Waals surface area contributed by atoms with Crippen LogP contribution in [0.4, 0.5) is 10.6 Å². The Kier molecular flexibility index (Phi) is 8.01. The van der Waals surface area contributed by atoms with Gasteiger partial charge in [0.05, 0.1) is 12.2 Å². The van der Waals surface area contributed by atoms with Gasteiger partial charge in [-0.1, -0.05) is 13.8 Å². The fourth-order valence-corrected chi connectivity index (χ4v) is 2.34. The van der Waals surface area contributed by atoms with Crippen molar-refractivity contribution in [3.05, 3.63) is 23.9 Å². The monoisotopic (exact) mass is 336 g/mol. The molecule has 1 heterocycles. The molecule has 1 atom stereocenters. The molecule has 2 N–H and O–H groups in total. The van der Waals surface area contributed by atoms with E-state index in [0.29, 0.717) is 30.5 Å². The number of amides is 2. The smallest absolute Gasteiger partial charge is 0.407 e. The van der Waals surface area contributed by atoms with Gasteiger partial charge in [-0.15, -0.1) is 0 Å². The lowest BCUT2D eigenvalue weighted by Crippen LogP contribution is -2.44. The van der Waals surface area contributed by atoms with Crippen LogP contribution in [0, 0.1) is 5.92 Å². The molecule has 1 aromatic heterocycles. The van der Waals surface area contributed by atoms with E-state index in [4.69, 9.17) is 4.74 Å². The van der Waals surface area contributed by atoms with Gasteiger partial charge in [0.2, 0.25) is 0 Å². The van der Waals surface area contributed by atoms with Crippen LogP contribution in [0.3, 0.4) is 0 Å². The van der Waals surface area contributed by atoms with E-state index in [0.717, 1.165) is 6.42 Å². The summed E-state index contributed by atoms with van der Waals surface area (Å²) in [4.78, 5) is 30.1. The summed E-state index contributed by atoms with van der Waals surface area (Å²) in [6, 6.07) is 3.27. The maximum atomic E-state index is 12.4. The standard InChI is InChI=1S/C17H28N4O3/c1-6-24-17(23)20-13(10-12(2)3)11-19-16(22)14-8-7-9-18-15(14)21(4)5/h7-9,12-13H,6,10-11H2,1-5H3,(H,19,22)(H,20,23). The van der Waals surface area contributed by atoms with Crippen molar-refractivity contribution in [2.24, 2.45) is 5.92 Å². The van der Waals surface area contributed by atoms with Crippen LogP contribution in [0.5, 0.6) is 0 Å². The van der Waals surface area contributed by atoms with Crippen LogP contribution in [0.15, 0.2) is 18.3 Å². The Bertz CT molecular complexity index is 546. The number of hydrogen-bond acceptors (Lipinski definition) is 5. The quantitative estimate of drug-likeness (QED) is 0.759. The molecule has 134 valence electrons. The molecule has 1 unspecified atom stereocenters. The topological polar surface area (TPSA) is 83.6 Å². The highest BCUT2D eigenvalue weighted by atomic mass is 16.5. The number of alkyl carbamates (subject to hydrolysis) is 1. The highest BCUT2D eigenvalue weighted by Gasteiger charge is 2.18. The van der Waals surface area contributed by atoms with Crippen LogP contribution in [0.25, 0.3) is 0 Å². The second kappa shape index (κ2) is 9.75. The molecule has 0 aliphatic heterocycles. The minimum Gasteiger partial charge on any atom is -0.450 e. The lowest BCUT2D eigenvalue weighted by molar-refractivity contribution is 0.0944. The number of hydrogen-bond donors (Lipinski definition) is 2. The molecule has 0 saturated carbocycles. The van der Waals surface area contributed by atoms with E-state index < -0.39 is 6.09 Å². The summed E-state index contributed by atoms with van der Waals surface area (Å²) in [6.45, 7) is 6.52. The first-order chi connectivity index (χ1) is 11.3. The number of rotatable bonds is 8. The Morgan fingerprint density at radius 2 is 2.04 bits per heavy atom. The summed E-state index contributed by atoms with van der Waals surface area (Å²) in [7, 11) is 3.67. The zero-order valence-corrected chi connectivity index (χ0v) is 15.1. The summed E-state index contributed by atoms with van der Waals surface area (Å²) >= 11 is 0. The number of pyridine rings is 1. The number of nitrogens with zero attached hydrogens (tertiary/aromatic N) is 2. The van der Waals surface area contributed by atoms with Crippen molar-refractivity contribution in [3.63, 3.8) is 0 Å². The van der Waals surface area contributed by atoms with E-state index >= 15 is 0 Å². The van der Waals surface area contributed by atoms with E-state index in [1.165, 1.54) is 0 Å². The van der Waals surface area contributed by atoms with Crippen LogP contribution >= 0.6 is 0 Å². The summed E-state index contributed by atoms with van der Waals surface area (Å²) in [5, 5.41) is 5.66. The molecule has 0 bridgehead atoms. The molecule has 0 fully saturated rings.